The maximum absolute atomic E-state index is 13.0. The number of carbonyl (C=O) groups is 2. The number of nitrogens with zero attached hydrogens (tertiary/aromatic N) is 1. The Morgan fingerprint density at radius 1 is 1.03 bits per heavy atom. The van der Waals surface area contributed by atoms with E-state index in [0.717, 1.165) is 24.0 Å². The Morgan fingerprint density at radius 3 is 2.43 bits per heavy atom. The molecule has 3 aromatic rings. The third-order valence-electron chi connectivity index (χ3n) is 5.71. The molecule has 0 aliphatic heterocycles. The molecular formula is C26H25ClN4O4. The molecule has 2 amide bonds. The Balaban J connectivity index is 1.50. The van der Waals surface area contributed by atoms with Gasteiger partial charge in [0.2, 0.25) is 5.91 Å². The van der Waals surface area contributed by atoms with Crippen LogP contribution in [0.4, 0.5) is 11.4 Å². The first-order chi connectivity index (χ1) is 16.9. The van der Waals surface area contributed by atoms with Crippen LogP contribution >= 0.6 is 11.6 Å². The summed E-state index contributed by atoms with van der Waals surface area (Å²) in [6.45, 7) is 0.284. The van der Waals surface area contributed by atoms with Gasteiger partial charge in [0, 0.05) is 35.7 Å². The monoisotopic (exact) mass is 492 g/mol. The molecule has 8 nitrogen and oxygen atoms in total. The summed E-state index contributed by atoms with van der Waals surface area (Å²) in [6.07, 6.45) is 2.16. The Hall–Kier alpha value is -3.91. The standard InChI is InChI=1S/C26H25ClN4O4/c27-21-9-5-4-8-19(21)16-28-22-13-10-18(15-24(22)31(34)35)25(32)30-23(26(33)29-20-11-12-20)14-17-6-2-1-3-7-17/h1-10,13,15,20,23,28H,11-12,14,16H2,(H,29,33)(H,30,32). The number of anilines is 1. The van der Waals surface area contributed by atoms with Gasteiger partial charge in [0.1, 0.15) is 11.7 Å². The van der Waals surface area contributed by atoms with Gasteiger partial charge in [-0.25, -0.2) is 0 Å². The van der Waals surface area contributed by atoms with E-state index in [1.54, 1.807) is 12.1 Å². The molecule has 1 fully saturated rings. The van der Waals surface area contributed by atoms with Gasteiger partial charge in [-0.15, -0.1) is 0 Å². The highest BCUT2D eigenvalue weighted by Gasteiger charge is 2.29. The fraction of sp³-hybridized carbons (Fsp3) is 0.231. The van der Waals surface area contributed by atoms with Gasteiger partial charge in [-0.05, 0) is 42.2 Å². The molecule has 0 spiro atoms. The second kappa shape index (κ2) is 11.0. The van der Waals surface area contributed by atoms with Gasteiger partial charge in [-0.3, -0.25) is 19.7 Å². The quantitative estimate of drug-likeness (QED) is 0.285. The van der Waals surface area contributed by atoms with Crippen molar-refractivity contribution in [3.05, 3.63) is 105 Å². The lowest BCUT2D eigenvalue weighted by atomic mass is 10.0. The van der Waals surface area contributed by atoms with Crippen LogP contribution in [0.25, 0.3) is 0 Å². The largest absolute Gasteiger partial charge is 0.375 e. The number of rotatable bonds is 10. The Kier molecular flexibility index (Phi) is 7.62. The molecule has 0 bridgehead atoms. The van der Waals surface area contributed by atoms with Gasteiger partial charge in [0.25, 0.3) is 11.6 Å². The van der Waals surface area contributed by atoms with Crippen LogP contribution in [0.3, 0.4) is 0 Å². The Labute approximate surface area is 207 Å². The average Bonchev–Trinajstić information content (AvgIpc) is 3.67. The SMILES string of the molecule is O=C(NC(Cc1ccccc1)C(=O)NC1CC1)c1ccc(NCc2ccccc2Cl)c([N+](=O)[O-])c1. The number of amides is 2. The van der Waals surface area contributed by atoms with Crippen molar-refractivity contribution in [1.29, 1.82) is 0 Å². The van der Waals surface area contributed by atoms with E-state index in [2.05, 4.69) is 16.0 Å². The van der Waals surface area contributed by atoms with Crippen LogP contribution in [0.2, 0.25) is 5.02 Å². The summed E-state index contributed by atoms with van der Waals surface area (Å²) in [5.41, 5.74) is 1.80. The molecule has 1 aliphatic rings. The molecule has 35 heavy (non-hydrogen) atoms. The molecule has 0 saturated heterocycles. The lowest BCUT2D eigenvalue weighted by Gasteiger charge is -2.19. The van der Waals surface area contributed by atoms with E-state index >= 15 is 0 Å². The van der Waals surface area contributed by atoms with Crippen molar-refractivity contribution >= 4 is 34.8 Å². The van der Waals surface area contributed by atoms with E-state index in [-0.39, 0.29) is 35.4 Å². The van der Waals surface area contributed by atoms with E-state index in [1.807, 2.05) is 42.5 Å². The summed E-state index contributed by atoms with van der Waals surface area (Å²) in [6, 6.07) is 20.1. The number of nitro groups is 1. The second-order valence-corrected chi connectivity index (χ2v) is 8.84. The smallest absolute Gasteiger partial charge is 0.293 e. The van der Waals surface area contributed by atoms with Crippen LogP contribution in [0.15, 0.2) is 72.8 Å². The van der Waals surface area contributed by atoms with Crippen molar-refractivity contribution in [3.8, 4) is 0 Å². The zero-order valence-corrected chi connectivity index (χ0v) is 19.6. The van der Waals surface area contributed by atoms with Crippen LogP contribution in [0, 0.1) is 10.1 Å². The molecule has 0 aromatic heterocycles. The number of benzene rings is 3. The Bertz CT molecular complexity index is 1230. The molecule has 4 rings (SSSR count). The fourth-order valence-corrected chi connectivity index (χ4v) is 3.84. The Morgan fingerprint density at radius 2 is 1.74 bits per heavy atom. The molecule has 3 N–H and O–H groups in total. The van der Waals surface area contributed by atoms with Crippen molar-refractivity contribution in [2.75, 3.05) is 5.32 Å². The van der Waals surface area contributed by atoms with E-state index in [1.165, 1.54) is 18.2 Å². The molecule has 1 atom stereocenters. The number of hydrogen-bond acceptors (Lipinski definition) is 5. The zero-order chi connectivity index (χ0) is 24.8. The molecule has 0 radical (unpaired) electrons. The molecule has 9 heteroatoms. The minimum Gasteiger partial charge on any atom is -0.375 e. The normalized spacial score (nSPS) is 13.5. The molecule has 3 aromatic carbocycles. The molecule has 1 unspecified atom stereocenters. The van der Waals surface area contributed by atoms with Crippen LogP contribution in [-0.2, 0) is 17.8 Å². The van der Waals surface area contributed by atoms with Gasteiger partial charge in [-0.2, -0.15) is 0 Å². The van der Waals surface area contributed by atoms with Gasteiger partial charge in [0.05, 0.1) is 4.92 Å². The van der Waals surface area contributed by atoms with Crippen LogP contribution in [0.5, 0.6) is 0 Å². The predicted molar refractivity (Wildman–Crippen MR) is 134 cm³/mol. The summed E-state index contributed by atoms with van der Waals surface area (Å²) < 4.78 is 0. The highest BCUT2D eigenvalue weighted by atomic mass is 35.5. The van der Waals surface area contributed by atoms with E-state index in [9.17, 15) is 19.7 Å². The number of nitro benzene ring substituents is 1. The van der Waals surface area contributed by atoms with Gasteiger partial charge >= 0.3 is 0 Å². The van der Waals surface area contributed by atoms with E-state index in [4.69, 9.17) is 11.6 Å². The number of hydrogen-bond donors (Lipinski definition) is 3. The fourth-order valence-electron chi connectivity index (χ4n) is 3.64. The summed E-state index contributed by atoms with van der Waals surface area (Å²) in [7, 11) is 0. The average molecular weight is 493 g/mol. The lowest BCUT2D eigenvalue weighted by molar-refractivity contribution is -0.384. The first-order valence-electron chi connectivity index (χ1n) is 11.3. The number of nitrogens with one attached hydrogen (secondary N) is 3. The predicted octanol–water partition coefficient (Wildman–Crippen LogP) is 4.48. The topological polar surface area (TPSA) is 113 Å². The van der Waals surface area contributed by atoms with Crippen LogP contribution in [-0.4, -0.2) is 28.8 Å². The molecule has 0 heterocycles. The minimum absolute atomic E-state index is 0.0947. The van der Waals surface area contributed by atoms with Crippen LogP contribution in [0.1, 0.15) is 34.3 Å². The zero-order valence-electron chi connectivity index (χ0n) is 18.9. The lowest BCUT2D eigenvalue weighted by Crippen LogP contribution is -2.48. The van der Waals surface area contributed by atoms with E-state index < -0.39 is 16.9 Å². The maximum atomic E-state index is 13.0. The van der Waals surface area contributed by atoms with Crippen molar-refractivity contribution in [2.24, 2.45) is 0 Å². The second-order valence-electron chi connectivity index (χ2n) is 8.43. The highest BCUT2D eigenvalue weighted by Crippen LogP contribution is 2.27. The summed E-state index contributed by atoms with van der Waals surface area (Å²) in [4.78, 5) is 37.0. The number of halogens is 1. The van der Waals surface area contributed by atoms with Gasteiger partial charge < -0.3 is 16.0 Å². The summed E-state index contributed by atoms with van der Waals surface area (Å²) in [5, 5.41) is 21.0. The summed E-state index contributed by atoms with van der Waals surface area (Å²) in [5.74, 6) is -0.824. The molecule has 180 valence electrons. The van der Waals surface area contributed by atoms with Gasteiger partial charge in [-0.1, -0.05) is 60.1 Å². The number of carbonyl (C=O) groups excluding carboxylic acids is 2. The molecule has 1 aliphatic carbocycles. The van der Waals surface area contributed by atoms with Crippen molar-refractivity contribution < 1.29 is 14.5 Å². The third-order valence-corrected chi connectivity index (χ3v) is 6.08. The molecular weight excluding hydrogens is 468 g/mol. The van der Waals surface area contributed by atoms with Crippen molar-refractivity contribution in [1.82, 2.24) is 10.6 Å². The van der Waals surface area contributed by atoms with Crippen LogP contribution < -0.4 is 16.0 Å². The van der Waals surface area contributed by atoms with Gasteiger partial charge in [0.15, 0.2) is 0 Å². The summed E-state index contributed by atoms with van der Waals surface area (Å²) >= 11 is 6.17. The van der Waals surface area contributed by atoms with Crippen molar-refractivity contribution in [3.63, 3.8) is 0 Å². The minimum atomic E-state index is -0.803. The first-order valence-corrected chi connectivity index (χ1v) is 11.7. The highest BCUT2D eigenvalue weighted by molar-refractivity contribution is 6.31. The third kappa shape index (κ3) is 6.58. The molecule has 1 saturated carbocycles. The van der Waals surface area contributed by atoms with Crippen molar-refractivity contribution in [2.45, 2.75) is 37.9 Å². The maximum Gasteiger partial charge on any atom is 0.293 e. The van der Waals surface area contributed by atoms with E-state index in [0.29, 0.717) is 11.4 Å². The first kappa shape index (κ1) is 24.2.